The average Bonchev–Trinajstić information content (AvgIpc) is 2.40. The Morgan fingerprint density at radius 1 is 1.46 bits per heavy atom. The summed E-state index contributed by atoms with van der Waals surface area (Å²) < 4.78 is 0. The maximum atomic E-state index is 11.9. The first kappa shape index (κ1) is 10.5. The molecule has 0 aromatic carbocycles. The minimum atomic E-state index is -0.323. The van der Waals surface area contributed by atoms with Gasteiger partial charge in [-0.25, -0.2) is 0 Å². The molecule has 2 atom stereocenters. The van der Waals surface area contributed by atoms with Gasteiger partial charge in [0.1, 0.15) is 0 Å². The SMILES string of the molecule is CCC1NC(C)(CC)C(=O)N1CC. The van der Waals surface area contributed by atoms with E-state index in [-0.39, 0.29) is 17.6 Å². The molecule has 1 aliphatic rings. The molecule has 0 aliphatic carbocycles. The molecule has 1 amide bonds. The van der Waals surface area contributed by atoms with Crippen LogP contribution in [0.5, 0.6) is 0 Å². The fraction of sp³-hybridized carbons (Fsp3) is 0.900. The van der Waals surface area contributed by atoms with Crippen LogP contribution in [0.2, 0.25) is 0 Å². The Morgan fingerprint density at radius 2 is 2.08 bits per heavy atom. The van der Waals surface area contributed by atoms with Gasteiger partial charge in [-0.1, -0.05) is 13.8 Å². The van der Waals surface area contributed by atoms with Crippen LogP contribution in [0, 0.1) is 0 Å². The lowest BCUT2D eigenvalue weighted by Gasteiger charge is -2.20. The lowest BCUT2D eigenvalue weighted by atomic mass is 9.99. The van der Waals surface area contributed by atoms with Gasteiger partial charge < -0.3 is 4.90 Å². The Hall–Kier alpha value is -0.570. The highest BCUT2D eigenvalue weighted by Gasteiger charge is 2.44. The van der Waals surface area contributed by atoms with Crippen LogP contribution in [-0.2, 0) is 4.79 Å². The van der Waals surface area contributed by atoms with Gasteiger partial charge >= 0.3 is 0 Å². The van der Waals surface area contributed by atoms with Crippen LogP contribution in [-0.4, -0.2) is 29.1 Å². The summed E-state index contributed by atoms with van der Waals surface area (Å²) in [7, 11) is 0. The lowest BCUT2D eigenvalue weighted by Crippen LogP contribution is -2.43. The van der Waals surface area contributed by atoms with Gasteiger partial charge in [-0.2, -0.15) is 0 Å². The highest BCUT2D eigenvalue weighted by atomic mass is 16.2. The van der Waals surface area contributed by atoms with Crippen LogP contribution in [0.3, 0.4) is 0 Å². The van der Waals surface area contributed by atoms with E-state index in [1.54, 1.807) is 0 Å². The topological polar surface area (TPSA) is 32.3 Å². The minimum absolute atomic E-state index is 0.238. The van der Waals surface area contributed by atoms with Crippen LogP contribution in [0.4, 0.5) is 0 Å². The molecule has 3 heteroatoms. The molecular weight excluding hydrogens is 164 g/mol. The molecule has 3 nitrogen and oxygen atoms in total. The van der Waals surface area contributed by atoms with Crippen molar-refractivity contribution in [1.29, 1.82) is 0 Å². The number of likely N-dealkylation sites (N-methyl/N-ethyl adjacent to an activating group) is 1. The van der Waals surface area contributed by atoms with Crippen LogP contribution in [0.15, 0.2) is 0 Å². The highest BCUT2D eigenvalue weighted by Crippen LogP contribution is 2.24. The predicted molar refractivity (Wildman–Crippen MR) is 53.3 cm³/mol. The van der Waals surface area contributed by atoms with Crippen LogP contribution < -0.4 is 5.32 Å². The molecule has 0 aromatic rings. The van der Waals surface area contributed by atoms with E-state index in [2.05, 4.69) is 19.2 Å². The molecule has 2 unspecified atom stereocenters. The van der Waals surface area contributed by atoms with E-state index in [9.17, 15) is 4.79 Å². The first-order valence-electron chi connectivity index (χ1n) is 5.17. The van der Waals surface area contributed by atoms with Crippen LogP contribution in [0.1, 0.15) is 40.5 Å². The zero-order valence-corrected chi connectivity index (χ0v) is 9.05. The molecular formula is C10H20N2O. The molecule has 13 heavy (non-hydrogen) atoms. The van der Waals surface area contributed by atoms with Crippen molar-refractivity contribution in [3.63, 3.8) is 0 Å². The smallest absolute Gasteiger partial charge is 0.243 e. The maximum absolute atomic E-state index is 11.9. The third-order valence-corrected chi connectivity index (χ3v) is 3.03. The molecule has 1 N–H and O–H groups in total. The molecule has 0 aromatic heterocycles. The van der Waals surface area contributed by atoms with E-state index < -0.39 is 0 Å². The number of amides is 1. The van der Waals surface area contributed by atoms with Gasteiger partial charge in [0.25, 0.3) is 0 Å². The second-order valence-corrected chi connectivity index (χ2v) is 3.85. The van der Waals surface area contributed by atoms with Crippen LogP contribution in [0.25, 0.3) is 0 Å². The number of carbonyl (C=O) groups is 1. The Bertz CT molecular complexity index is 205. The van der Waals surface area contributed by atoms with Crippen molar-refractivity contribution in [2.24, 2.45) is 0 Å². The summed E-state index contributed by atoms with van der Waals surface area (Å²) in [5, 5.41) is 3.39. The van der Waals surface area contributed by atoms with E-state index >= 15 is 0 Å². The van der Waals surface area contributed by atoms with Gasteiger partial charge in [0.15, 0.2) is 0 Å². The number of nitrogens with one attached hydrogen (secondary N) is 1. The molecule has 76 valence electrons. The quantitative estimate of drug-likeness (QED) is 0.718. The van der Waals surface area contributed by atoms with Crippen molar-refractivity contribution in [3.05, 3.63) is 0 Å². The van der Waals surface area contributed by atoms with E-state index in [0.29, 0.717) is 0 Å². The van der Waals surface area contributed by atoms with E-state index in [1.807, 2.05) is 18.7 Å². The molecule has 1 rings (SSSR count). The summed E-state index contributed by atoms with van der Waals surface area (Å²) in [5.41, 5.74) is -0.323. The summed E-state index contributed by atoms with van der Waals surface area (Å²) in [6.45, 7) is 8.99. The van der Waals surface area contributed by atoms with Gasteiger partial charge in [-0.05, 0) is 26.7 Å². The molecule has 0 saturated carbocycles. The number of rotatable bonds is 3. The first-order valence-corrected chi connectivity index (χ1v) is 5.17. The Balaban J connectivity index is 2.83. The van der Waals surface area contributed by atoms with Crippen LogP contribution >= 0.6 is 0 Å². The van der Waals surface area contributed by atoms with Gasteiger partial charge in [0.05, 0.1) is 11.7 Å². The zero-order valence-electron chi connectivity index (χ0n) is 9.05. The van der Waals surface area contributed by atoms with Crippen molar-refractivity contribution in [2.45, 2.75) is 52.2 Å². The Kier molecular flexibility index (Phi) is 2.96. The predicted octanol–water partition coefficient (Wildman–Crippen LogP) is 1.34. The van der Waals surface area contributed by atoms with Gasteiger partial charge in [0.2, 0.25) is 5.91 Å². The summed E-state index contributed by atoms with van der Waals surface area (Å²) in [6, 6.07) is 0. The number of carbonyl (C=O) groups excluding carboxylic acids is 1. The van der Waals surface area contributed by atoms with Gasteiger partial charge in [-0.15, -0.1) is 0 Å². The fourth-order valence-corrected chi connectivity index (χ4v) is 1.91. The number of nitrogens with zero attached hydrogens (tertiary/aromatic N) is 1. The number of hydrogen-bond acceptors (Lipinski definition) is 2. The van der Waals surface area contributed by atoms with E-state index in [1.165, 1.54) is 0 Å². The Morgan fingerprint density at radius 3 is 2.38 bits per heavy atom. The van der Waals surface area contributed by atoms with Crippen molar-refractivity contribution in [1.82, 2.24) is 10.2 Å². The first-order chi connectivity index (χ1) is 6.09. The lowest BCUT2D eigenvalue weighted by molar-refractivity contribution is -0.132. The number of hydrogen-bond donors (Lipinski definition) is 1. The summed E-state index contributed by atoms with van der Waals surface area (Å²) in [5.74, 6) is 0.254. The average molecular weight is 184 g/mol. The Labute approximate surface area is 80.5 Å². The van der Waals surface area contributed by atoms with E-state index in [0.717, 1.165) is 19.4 Å². The molecule has 0 bridgehead atoms. The zero-order chi connectivity index (χ0) is 10.1. The third-order valence-electron chi connectivity index (χ3n) is 3.03. The summed E-state index contributed by atoms with van der Waals surface area (Å²) >= 11 is 0. The van der Waals surface area contributed by atoms with Crippen molar-refractivity contribution < 1.29 is 4.79 Å². The van der Waals surface area contributed by atoms with E-state index in [4.69, 9.17) is 0 Å². The normalized spacial score (nSPS) is 34.3. The molecule has 1 heterocycles. The van der Waals surface area contributed by atoms with Crippen molar-refractivity contribution in [2.75, 3.05) is 6.54 Å². The largest absolute Gasteiger partial charge is 0.326 e. The highest BCUT2D eigenvalue weighted by molar-refractivity contribution is 5.88. The molecule has 1 fully saturated rings. The second kappa shape index (κ2) is 3.66. The minimum Gasteiger partial charge on any atom is -0.326 e. The molecule has 0 radical (unpaired) electrons. The fourth-order valence-electron chi connectivity index (χ4n) is 1.91. The summed E-state index contributed by atoms with van der Waals surface area (Å²) in [4.78, 5) is 13.9. The van der Waals surface area contributed by atoms with Crippen molar-refractivity contribution >= 4 is 5.91 Å². The van der Waals surface area contributed by atoms with Gasteiger partial charge in [-0.3, -0.25) is 10.1 Å². The second-order valence-electron chi connectivity index (χ2n) is 3.85. The maximum Gasteiger partial charge on any atom is 0.243 e. The standard InChI is InChI=1S/C10H20N2O/c1-5-8-11-10(4,6-2)9(13)12(8)7-3/h8,11H,5-7H2,1-4H3. The molecule has 0 spiro atoms. The molecule has 1 saturated heterocycles. The third kappa shape index (κ3) is 1.57. The summed E-state index contributed by atoms with van der Waals surface area (Å²) in [6.07, 6.45) is 2.08. The monoisotopic (exact) mass is 184 g/mol. The van der Waals surface area contributed by atoms with Gasteiger partial charge in [0, 0.05) is 6.54 Å². The molecule has 1 aliphatic heterocycles. The van der Waals surface area contributed by atoms with Crippen molar-refractivity contribution in [3.8, 4) is 0 Å².